The molecule has 0 aromatic carbocycles. The smallest absolute Gasteiger partial charge is 0.320 e. The normalized spacial score (nSPS) is 28.3. The first kappa shape index (κ1) is 12.5. The zero-order valence-electron chi connectivity index (χ0n) is 9.44. The monoisotopic (exact) mass is 215 g/mol. The van der Waals surface area contributed by atoms with Crippen LogP contribution >= 0.6 is 0 Å². The number of carboxylic acid groups (broad SMARTS) is 1. The maximum atomic E-state index is 10.9. The largest absolute Gasteiger partial charge is 0.480 e. The van der Waals surface area contributed by atoms with Gasteiger partial charge in [0.25, 0.3) is 0 Å². The van der Waals surface area contributed by atoms with Crippen LogP contribution in [0.25, 0.3) is 0 Å². The molecule has 1 aliphatic carbocycles. The van der Waals surface area contributed by atoms with Crippen LogP contribution in [0.1, 0.15) is 33.1 Å². The number of aliphatic hydroxyl groups excluding tert-OH is 1. The Balaban J connectivity index is 2.36. The molecule has 15 heavy (non-hydrogen) atoms. The Labute approximate surface area is 90.7 Å². The van der Waals surface area contributed by atoms with E-state index in [1.54, 1.807) is 0 Å². The Bertz CT molecular complexity index is 218. The van der Waals surface area contributed by atoms with Crippen LogP contribution < -0.4 is 5.32 Å². The Hall–Kier alpha value is -0.610. The van der Waals surface area contributed by atoms with Crippen LogP contribution in [0.2, 0.25) is 0 Å². The van der Waals surface area contributed by atoms with Gasteiger partial charge in [0.15, 0.2) is 0 Å². The van der Waals surface area contributed by atoms with Gasteiger partial charge < -0.3 is 15.5 Å². The van der Waals surface area contributed by atoms with Gasteiger partial charge in [-0.3, -0.25) is 4.79 Å². The van der Waals surface area contributed by atoms with Crippen molar-refractivity contribution in [2.24, 2.45) is 11.8 Å². The Morgan fingerprint density at radius 2 is 2.13 bits per heavy atom. The Morgan fingerprint density at radius 1 is 1.47 bits per heavy atom. The van der Waals surface area contributed by atoms with E-state index in [1.165, 1.54) is 0 Å². The number of rotatable bonds is 5. The van der Waals surface area contributed by atoms with Gasteiger partial charge in [0.05, 0.1) is 6.10 Å². The van der Waals surface area contributed by atoms with Crippen molar-refractivity contribution in [2.75, 3.05) is 6.54 Å². The number of nitrogens with one attached hydrogen (secondary N) is 1. The third kappa shape index (κ3) is 3.47. The van der Waals surface area contributed by atoms with Crippen LogP contribution in [-0.4, -0.2) is 34.9 Å². The molecule has 3 unspecified atom stereocenters. The van der Waals surface area contributed by atoms with E-state index < -0.39 is 12.0 Å². The van der Waals surface area contributed by atoms with E-state index >= 15 is 0 Å². The molecule has 1 saturated carbocycles. The summed E-state index contributed by atoms with van der Waals surface area (Å²) in [5.74, 6) is -0.510. The van der Waals surface area contributed by atoms with E-state index in [-0.39, 0.29) is 17.9 Å². The van der Waals surface area contributed by atoms with Gasteiger partial charge in [0.2, 0.25) is 0 Å². The summed E-state index contributed by atoms with van der Waals surface area (Å²) >= 11 is 0. The second-order valence-corrected chi connectivity index (χ2v) is 4.73. The highest BCUT2D eigenvalue weighted by atomic mass is 16.4. The molecule has 1 rings (SSSR count). The van der Waals surface area contributed by atoms with Crippen molar-refractivity contribution in [1.82, 2.24) is 5.32 Å². The van der Waals surface area contributed by atoms with E-state index in [4.69, 9.17) is 5.11 Å². The third-order valence-corrected chi connectivity index (χ3v) is 3.15. The minimum Gasteiger partial charge on any atom is -0.480 e. The highest BCUT2D eigenvalue weighted by Crippen LogP contribution is 2.24. The minimum atomic E-state index is -0.808. The lowest BCUT2D eigenvalue weighted by atomic mass is 10.0. The van der Waals surface area contributed by atoms with Crippen molar-refractivity contribution in [3.63, 3.8) is 0 Å². The first-order chi connectivity index (χ1) is 7.02. The van der Waals surface area contributed by atoms with Crippen LogP contribution in [0.15, 0.2) is 0 Å². The Kier molecular flexibility index (Phi) is 4.54. The summed E-state index contributed by atoms with van der Waals surface area (Å²) in [4.78, 5) is 10.9. The van der Waals surface area contributed by atoms with Crippen molar-refractivity contribution < 1.29 is 15.0 Å². The fourth-order valence-corrected chi connectivity index (χ4v) is 2.14. The zero-order chi connectivity index (χ0) is 11.4. The zero-order valence-corrected chi connectivity index (χ0v) is 9.44. The van der Waals surface area contributed by atoms with E-state index in [9.17, 15) is 9.90 Å². The molecule has 4 nitrogen and oxygen atoms in total. The van der Waals surface area contributed by atoms with E-state index in [0.29, 0.717) is 6.54 Å². The SMILES string of the molecule is CC(C)C(NCC1CCCC1O)C(=O)O. The third-order valence-electron chi connectivity index (χ3n) is 3.15. The number of aliphatic hydroxyl groups is 1. The molecule has 88 valence electrons. The molecule has 0 heterocycles. The summed E-state index contributed by atoms with van der Waals surface area (Å²) in [6.07, 6.45) is 2.65. The number of aliphatic carboxylic acids is 1. The number of carboxylic acids is 1. The van der Waals surface area contributed by atoms with Crippen LogP contribution in [-0.2, 0) is 4.79 Å². The average Bonchev–Trinajstić information content (AvgIpc) is 2.51. The van der Waals surface area contributed by atoms with Crippen molar-refractivity contribution in [2.45, 2.75) is 45.3 Å². The average molecular weight is 215 g/mol. The summed E-state index contributed by atoms with van der Waals surface area (Å²) in [5.41, 5.74) is 0. The summed E-state index contributed by atoms with van der Waals surface area (Å²) < 4.78 is 0. The van der Waals surface area contributed by atoms with Crippen LogP contribution in [0.4, 0.5) is 0 Å². The maximum absolute atomic E-state index is 10.9. The van der Waals surface area contributed by atoms with Crippen molar-refractivity contribution >= 4 is 5.97 Å². The second kappa shape index (κ2) is 5.47. The lowest BCUT2D eigenvalue weighted by Crippen LogP contribution is -2.44. The summed E-state index contributed by atoms with van der Waals surface area (Å²) in [6, 6.07) is -0.502. The van der Waals surface area contributed by atoms with Gasteiger partial charge in [-0.25, -0.2) is 0 Å². The molecular weight excluding hydrogens is 194 g/mol. The topological polar surface area (TPSA) is 69.6 Å². The molecule has 0 spiro atoms. The van der Waals surface area contributed by atoms with E-state index in [2.05, 4.69) is 5.32 Å². The van der Waals surface area contributed by atoms with Gasteiger partial charge >= 0.3 is 5.97 Å². The lowest BCUT2D eigenvalue weighted by Gasteiger charge is -2.21. The molecular formula is C11H21NO3. The fraction of sp³-hybridized carbons (Fsp3) is 0.909. The fourth-order valence-electron chi connectivity index (χ4n) is 2.14. The Morgan fingerprint density at radius 3 is 2.53 bits per heavy atom. The highest BCUT2D eigenvalue weighted by Gasteiger charge is 2.28. The van der Waals surface area contributed by atoms with Gasteiger partial charge in [-0.1, -0.05) is 20.3 Å². The molecule has 3 N–H and O–H groups in total. The van der Waals surface area contributed by atoms with Gasteiger partial charge in [-0.05, 0) is 24.7 Å². The summed E-state index contributed by atoms with van der Waals surface area (Å²) in [5, 5.41) is 21.6. The minimum absolute atomic E-state index is 0.0704. The molecule has 0 bridgehead atoms. The quantitative estimate of drug-likeness (QED) is 0.636. The molecule has 0 amide bonds. The van der Waals surface area contributed by atoms with E-state index in [0.717, 1.165) is 19.3 Å². The predicted molar refractivity (Wildman–Crippen MR) is 57.6 cm³/mol. The molecule has 4 heteroatoms. The highest BCUT2D eigenvalue weighted by molar-refractivity contribution is 5.73. The van der Waals surface area contributed by atoms with Crippen molar-refractivity contribution in [3.8, 4) is 0 Å². The molecule has 0 saturated heterocycles. The predicted octanol–water partition coefficient (Wildman–Crippen LogP) is 0.846. The molecule has 0 aliphatic heterocycles. The molecule has 1 aliphatic rings. The van der Waals surface area contributed by atoms with Crippen LogP contribution in [0.3, 0.4) is 0 Å². The second-order valence-electron chi connectivity index (χ2n) is 4.73. The molecule has 3 atom stereocenters. The number of hydrogen-bond acceptors (Lipinski definition) is 3. The summed E-state index contributed by atoms with van der Waals surface area (Å²) in [6.45, 7) is 4.38. The van der Waals surface area contributed by atoms with Crippen LogP contribution in [0.5, 0.6) is 0 Å². The summed E-state index contributed by atoms with van der Waals surface area (Å²) in [7, 11) is 0. The molecule has 0 aromatic heterocycles. The maximum Gasteiger partial charge on any atom is 0.320 e. The van der Waals surface area contributed by atoms with Gasteiger partial charge in [0, 0.05) is 6.54 Å². The van der Waals surface area contributed by atoms with Gasteiger partial charge in [0.1, 0.15) is 6.04 Å². The first-order valence-corrected chi connectivity index (χ1v) is 5.66. The van der Waals surface area contributed by atoms with Crippen molar-refractivity contribution in [3.05, 3.63) is 0 Å². The standard InChI is InChI=1S/C11H21NO3/c1-7(2)10(11(14)15)12-6-8-4-3-5-9(8)13/h7-10,12-13H,3-6H2,1-2H3,(H,14,15). The molecule has 0 aromatic rings. The number of carbonyl (C=O) groups is 1. The lowest BCUT2D eigenvalue weighted by molar-refractivity contribution is -0.140. The first-order valence-electron chi connectivity index (χ1n) is 5.66. The molecule has 0 radical (unpaired) electrons. The van der Waals surface area contributed by atoms with E-state index in [1.807, 2.05) is 13.8 Å². The van der Waals surface area contributed by atoms with Gasteiger partial charge in [-0.15, -0.1) is 0 Å². The van der Waals surface area contributed by atoms with Crippen LogP contribution in [0, 0.1) is 11.8 Å². The van der Waals surface area contributed by atoms with Crippen molar-refractivity contribution in [1.29, 1.82) is 0 Å². The number of hydrogen-bond donors (Lipinski definition) is 3. The van der Waals surface area contributed by atoms with Gasteiger partial charge in [-0.2, -0.15) is 0 Å². The molecule has 1 fully saturated rings.